The average Bonchev–Trinajstić information content (AvgIpc) is 3.78. The van der Waals surface area contributed by atoms with E-state index < -0.39 is 0 Å². The zero-order valence-electron chi connectivity index (χ0n) is 30.2. The molecule has 55 heavy (non-hydrogen) atoms. The monoisotopic (exact) mass is 728 g/mol. The predicted octanol–water partition coefficient (Wildman–Crippen LogP) is 5.61. The fourth-order valence-electron chi connectivity index (χ4n) is 5.82. The summed E-state index contributed by atoms with van der Waals surface area (Å²) in [7, 11) is 3.56. The van der Waals surface area contributed by atoms with E-state index in [1.165, 1.54) is 6.20 Å². The van der Waals surface area contributed by atoms with Gasteiger partial charge in [-0.25, -0.2) is 19.3 Å². The Kier molecular flexibility index (Phi) is 10.0. The number of nitrogens with zero attached hydrogens (tertiary/aromatic N) is 12. The number of nitriles is 2. The summed E-state index contributed by atoms with van der Waals surface area (Å²) in [5, 5.41) is 46.4. The number of rotatable bonds is 8. The molecule has 6 heterocycles. The largest absolute Gasteiger partial charge is 0.618 e. The van der Waals surface area contributed by atoms with Crippen molar-refractivity contribution in [2.75, 3.05) is 0 Å². The van der Waals surface area contributed by atoms with Crippen molar-refractivity contribution in [1.82, 2.24) is 44.9 Å². The van der Waals surface area contributed by atoms with Crippen LogP contribution in [0.2, 0.25) is 0 Å². The number of aromatic nitrogens is 10. The Balaban J connectivity index is 0.000000169. The maximum absolute atomic E-state index is 11.7. The van der Waals surface area contributed by atoms with Crippen molar-refractivity contribution in [2.24, 2.45) is 14.1 Å². The molecule has 270 valence electrons. The summed E-state index contributed by atoms with van der Waals surface area (Å²) in [4.78, 5) is 13.1. The molecule has 0 aliphatic rings. The molecule has 0 fully saturated rings. The maximum atomic E-state index is 11.7. The van der Waals surface area contributed by atoms with Gasteiger partial charge < -0.3 is 14.7 Å². The first-order chi connectivity index (χ1) is 26.7. The van der Waals surface area contributed by atoms with Gasteiger partial charge >= 0.3 is 0 Å². The van der Waals surface area contributed by atoms with E-state index in [1.54, 1.807) is 47.9 Å². The van der Waals surface area contributed by atoms with Gasteiger partial charge in [-0.05, 0) is 91.7 Å². The zero-order valence-corrected chi connectivity index (χ0v) is 30.2. The summed E-state index contributed by atoms with van der Waals surface area (Å²) in [5.41, 5.74) is 9.39. The Morgan fingerprint density at radius 2 is 1.24 bits per heavy atom. The molecule has 0 saturated heterocycles. The van der Waals surface area contributed by atoms with Crippen LogP contribution in [0.4, 0.5) is 0 Å². The van der Waals surface area contributed by atoms with Crippen molar-refractivity contribution in [3.63, 3.8) is 0 Å². The smallest absolute Gasteiger partial charge is 0.230 e. The number of fused-ring (bicyclic) bond motifs is 2. The first kappa shape index (κ1) is 35.6. The number of benzene rings is 2. The molecule has 0 saturated carbocycles. The van der Waals surface area contributed by atoms with E-state index in [-0.39, 0.29) is 18.0 Å². The Bertz CT molecular complexity index is 2770. The van der Waals surface area contributed by atoms with E-state index in [9.17, 15) is 15.7 Å². The second-order valence-electron chi connectivity index (χ2n) is 12.5. The van der Waals surface area contributed by atoms with Gasteiger partial charge in [-0.3, -0.25) is 4.98 Å². The van der Waals surface area contributed by atoms with Crippen molar-refractivity contribution in [3.05, 3.63) is 136 Å². The highest BCUT2D eigenvalue weighted by Gasteiger charge is 2.15. The van der Waals surface area contributed by atoms with E-state index in [4.69, 9.17) is 9.47 Å². The van der Waals surface area contributed by atoms with Crippen LogP contribution in [0.25, 0.3) is 44.6 Å². The Hall–Kier alpha value is -7.78. The topological polar surface area (TPSA) is 193 Å². The van der Waals surface area contributed by atoms with E-state index in [1.807, 2.05) is 80.6 Å². The van der Waals surface area contributed by atoms with Crippen LogP contribution in [0.5, 0.6) is 11.5 Å². The van der Waals surface area contributed by atoms with E-state index in [0.717, 1.165) is 49.5 Å². The van der Waals surface area contributed by atoms with Crippen LogP contribution in [0.1, 0.15) is 33.9 Å². The molecule has 0 unspecified atom stereocenters. The molecule has 0 bridgehead atoms. The molecule has 2 aromatic carbocycles. The molecule has 0 atom stereocenters. The Labute approximate surface area is 314 Å². The van der Waals surface area contributed by atoms with Crippen molar-refractivity contribution in [1.29, 1.82) is 10.5 Å². The van der Waals surface area contributed by atoms with Gasteiger partial charge in [-0.15, -0.1) is 10.2 Å². The van der Waals surface area contributed by atoms with Crippen LogP contribution in [-0.2, 0) is 27.3 Å². The molecule has 0 aliphatic carbocycles. The van der Waals surface area contributed by atoms with Crippen LogP contribution in [-0.4, -0.2) is 44.9 Å². The van der Waals surface area contributed by atoms with Crippen molar-refractivity contribution >= 4 is 22.1 Å². The van der Waals surface area contributed by atoms with Crippen molar-refractivity contribution < 1.29 is 14.2 Å². The molecule has 0 radical (unpaired) electrons. The number of hydrogen-bond acceptors (Lipinski definition) is 12. The van der Waals surface area contributed by atoms with Crippen molar-refractivity contribution in [3.8, 4) is 46.2 Å². The summed E-state index contributed by atoms with van der Waals surface area (Å²) < 4.78 is 15.7. The number of aryl methyl sites for hydroxylation is 4. The van der Waals surface area contributed by atoms with E-state index in [0.29, 0.717) is 40.5 Å². The normalized spacial score (nSPS) is 10.7. The lowest BCUT2D eigenvalue weighted by molar-refractivity contribution is -0.616. The third kappa shape index (κ3) is 7.58. The van der Waals surface area contributed by atoms with Crippen LogP contribution in [0.3, 0.4) is 0 Å². The van der Waals surface area contributed by atoms with Gasteiger partial charge in [0.05, 0.1) is 28.1 Å². The highest BCUT2D eigenvalue weighted by atomic mass is 16.5. The van der Waals surface area contributed by atoms with Crippen LogP contribution in [0, 0.1) is 41.7 Å². The van der Waals surface area contributed by atoms with Gasteiger partial charge in [0.15, 0.2) is 24.2 Å². The summed E-state index contributed by atoms with van der Waals surface area (Å²) in [6.45, 7) is 4.48. The van der Waals surface area contributed by atoms with E-state index in [2.05, 4.69) is 47.7 Å². The van der Waals surface area contributed by atoms with Crippen LogP contribution in [0.15, 0.2) is 97.3 Å². The van der Waals surface area contributed by atoms with Crippen LogP contribution >= 0.6 is 0 Å². The second-order valence-corrected chi connectivity index (χ2v) is 12.5. The van der Waals surface area contributed by atoms with E-state index >= 15 is 0 Å². The van der Waals surface area contributed by atoms with Gasteiger partial charge in [-0.2, -0.15) is 15.3 Å². The SMILES string of the molecule is Cc1cc(-c2cc3c(nnn3C)c(C#N)n2)ccc1OCc1cccc[n+]1[O-].Cc1cc(-c2cc3c(nnn3C)c(C#N)n2)ccc1OCc1ccccn1. The molecule has 6 aromatic heterocycles. The zero-order chi connectivity index (χ0) is 38.5. The van der Waals surface area contributed by atoms with Gasteiger partial charge in [0.1, 0.15) is 41.3 Å². The molecule has 15 nitrogen and oxygen atoms in total. The summed E-state index contributed by atoms with van der Waals surface area (Å²) >= 11 is 0. The second kappa shape index (κ2) is 15.4. The maximum Gasteiger partial charge on any atom is 0.230 e. The first-order valence-electron chi connectivity index (χ1n) is 17.0. The number of pyridine rings is 4. The molecular weight excluding hydrogens is 697 g/mol. The predicted molar refractivity (Wildman–Crippen MR) is 201 cm³/mol. The fourth-order valence-corrected chi connectivity index (χ4v) is 5.82. The minimum atomic E-state index is 0.175. The van der Waals surface area contributed by atoms with Crippen molar-refractivity contribution in [2.45, 2.75) is 27.1 Å². The lowest BCUT2D eigenvalue weighted by Gasteiger charge is -2.11. The highest BCUT2D eigenvalue weighted by Crippen LogP contribution is 2.30. The minimum absolute atomic E-state index is 0.175. The lowest BCUT2D eigenvalue weighted by Crippen LogP contribution is -2.31. The Morgan fingerprint density at radius 1 is 0.691 bits per heavy atom. The molecular formula is C40H32N12O3. The number of hydrogen-bond donors (Lipinski definition) is 0. The van der Waals surface area contributed by atoms with Gasteiger partial charge in [0, 0.05) is 43.6 Å². The summed E-state index contributed by atoms with van der Waals surface area (Å²) in [6.07, 6.45) is 3.19. The molecule has 0 N–H and O–H groups in total. The molecule has 0 spiro atoms. The molecule has 0 amide bonds. The minimum Gasteiger partial charge on any atom is -0.618 e. The van der Waals surface area contributed by atoms with Gasteiger partial charge in [0.25, 0.3) is 0 Å². The number of ether oxygens (including phenoxy) is 2. The third-order valence-electron chi connectivity index (χ3n) is 8.73. The summed E-state index contributed by atoms with van der Waals surface area (Å²) in [6, 6.07) is 30.3. The quantitative estimate of drug-likeness (QED) is 0.139. The molecule has 8 rings (SSSR count). The fraction of sp³-hybridized carbons (Fsp3) is 0.150. The Morgan fingerprint density at radius 3 is 1.73 bits per heavy atom. The average molecular weight is 729 g/mol. The first-order valence-corrected chi connectivity index (χ1v) is 17.0. The van der Waals surface area contributed by atoms with Gasteiger partial charge in [-0.1, -0.05) is 16.5 Å². The molecule has 15 heteroatoms. The summed E-state index contributed by atoms with van der Waals surface area (Å²) in [5.74, 6) is 1.46. The third-order valence-corrected chi connectivity index (χ3v) is 8.73. The molecule has 8 aromatic rings. The molecule has 0 aliphatic heterocycles. The standard InChI is InChI=1S/C20H16N6O2.C20H16N6O/c1-13-9-14(6-7-19(13)28-12-15-5-3-4-8-26(15)27)16-10-18-20(17(11-21)22-16)23-24-25(18)2;1-13-9-14(6-7-19(13)27-12-15-5-3-4-8-22-15)16-10-18-20(17(11-21)23-16)24-25-26(18)2/h3-10H,12H2,1-2H3;3-10H,12H2,1-2H3. The van der Waals surface area contributed by atoms with Gasteiger partial charge in [0.2, 0.25) is 5.69 Å². The highest BCUT2D eigenvalue weighted by molar-refractivity contribution is 5.84. The lowest BCUT2D eigenvalue weighted by atomic mass is 10.1. The van der Waals surface area contributed by atoms with Crippen LogP contribution < -0.4 is 14.2 Å².